The average Bonchev–Trinajstić information content (AvgIpc) is 2.68. The standard InChI is InChI=1S/C9H18.C8H17N.C2H6.2C2H2.CH4O/c1-8(2)9-6-4-3-5-7-9;1-7(2)9(3)8-5-4-6-8;4*1-2/h8-9H,3-7H2,1-2H3;7-8H,4-6H2,1-3H3;1-2H3;2*1-2H;2H,1H3. The molecule has 2 fully saturated rings. The van der Waals surface area contributed by atoms with Gasteiger partial charge in [0.15, 0.2) is 0 Å². The summed E-state index contributed by atoms with van der Waals surface area (Å²) >= 11 is 0. The molecule has 0 aromatic carbocycles. The number of nitrogens with zero attached hydrogens (tertiary/aromatic N) is 1. The minimum atomic E-state index is 0.732. The minimum absolute atomic E-state index is 0.732. The van der Waals surface area contributed by atoms with E-state index in [0.29, 0.717) is 0 Å². The zero-order valence-electron chi connectivity index (χ0n) is 19.2. The van der Waals surface area contributed by atoms with Gasteiger partial charge in [0.2, 0.25) is 0 Å². The summed E-state index contributed by atoms with van der Waals surface area (Å²) in [6.07, 6.45) is 27.8. The van der Waals surface area contributed by atoms with Crippen molar-refractivity contribution in [2.45, 2.75) is 105 Å². The summed E-state index contributed by atoms with van der Waals surface area (Å²) in [5, 5.41) is 7.00. The van der Waals surface area contributed by atoms with Crippen LogP contribution in [-0.2, 0) is 0 Å². The molecule has 0 aromatic rings. The molecule has 0 unspecified atom stereocenters. The maximum atomic E-state index is 7.00. The van der Waals surface area contributed by atoms with E-state index >= 15 is 0 Å². The number of hydrogen-bond acceptors (Lipinski definition) is 2. The molecule has 156 valence electrons. The molecule has 0 radical (unpaired) electrons. The summed E-state index contributed by atoms with van der Waals surface area (Å²) in [6.45, 7) is 13.2. The van der Waals surface area contributed by atoms with Crippen molar-refractivity contribution in [3.8, 4) is 25.7 Å². The Morgan fingerprint density at radius 3 is 1.27 bits per heavy atom. The van der Waals surface area contributed by atoms with Crippen molar-refractivity contribution in [3.05, 3.63) is 0 Å². The van der Waals surface area contributed by atoms with Gasteiger partial charge in [0.05, 0.1) is 0 Å². The van der Waals surface area contributed by atoms with E-state index in [4.69, 9.17) is 5.11 Å². The molecule has 2 nitrogen and oxygen atoms in total. The second-order valence-corrected chi connectivity index (χ2v) is 6.99. The molecule has 0 aliphatic heterocycles. The Bertz CT molecular complexity index is 258. The Labute approximate surface area is 167 Å². The van der Waals surface area contributed by atoms with Crippen molar-refractivity contribution in [3.63, 3.8) is 0 Å². The topological polar surface area (TPSA) is 23.5 Å². The fourth-order valence-corrected chi connectivity index (χ4v) is 3.02. The molecule has 0 heterocycles. The molecular weight excluding hydrogens is 318 g/mol. The van der Waals surface area contributed by atoms with Crippen LogP contribution in [0.1, 0.15) is 92.9 Å². The van der Waals surface area contributed by atoms with Gasteiger partial charge < -0.3 is 10.0 Å². The van der Waals surface area contributed by atoms with Gasteiger partial charge in [0.1, 0.15) is 0 Å². The highest BCUT2D eigenvalue weighted by atomic mass is 16.2. The SMILES string of the molecule is C#C.C#C.CC.CC(C)C1CCCCC1.CC(C)N(C)C1CCC1.CO. The van der Waals surface area contributed by atoms with Gasteiger partial charge in [-0.2, -0.15) is 0 Å². The van der Waals surface area contributed by atoms with Crippen LogP contribution in [0.5, 0.6) is 0 Å². The third kappa shape index (κ3) is 17.8. The third-order valence-electron chi connectivity index (χ3n) is 5.06. The normalized spacial score (nSPS) is 15.8. The molecule has 26 heavy (non-hydrogen) atoms. The predicted octanol–water partition coefficient (Wildman–Crippen LogP) is 6.24. The highest BCUT2D eigenvalue weighted by Gasteiger charge is 2.22. The van der Waals surface area contributed by atoms with Gasteiger partial charge in [-0.1, -0.05) is 66.2 Å². The van der Waals surface area contributed by atoms with Crippen LogP contribution in [0.25, 0.3) is 0 Å². The van der Waals surface area contributed by atoms with Crippen molar-refractivity contribution in [2.24, 2.45) is 11.8 Å². The highest BCUT2D eigenvalue weighted by molar-refractivity contribution is 4.79. The molecule has 2 aliphatic carbocycles. The molecule has 0 amide bonds. The quantitative estimate of drug-likeness (QED) is 0.597. The van der Waals surface area contributed by atoms with E-state index in [-0.39, 0.29) is 0 Å². The van der Waals surface area contributed by atoms with Crippen LogP contribution in [-0.4, -0.2) is 36.2 Å². The monoisotopic (exact) mass is 367 g/mol. The van der Waals surface area contributed by atoms with Gasteiger partial charge in [0, 0.05) is 19.2 Å². The fraction of sp³-hybridized carbons (Fsp3) is 0.833. The molecule has 1 N–H and O–H groups in total. The van der Waals surface area contributed by atoms with E-state index in [0.717, 1.165) is 31.0 Å². The van der Waals surface area contributed by atoms with E-state index in [1.807, 2.05) is 13.8 Å². The van der Waals surface area contributed by atoms with Crippen molar-refractivity contribution in [1.29, 1.82) is 0 Å². The Morgan fingerprint density at radius 2 is 1.12 bits per heavy atom. The van der Waals surface area contributed by atoms with E-state index in [2.05, 4.69) is 65.3 Å². The number of hydrogen-bond donors (Lipinski definition) is 1. The second-order valence-electron chi connectivity index (χ2n) is 6.99. The lowest BCUT2D eigenvalue weighted by Gasteiger charge is -2.37. The maximum absolute atomic E-state index is 7.00. The number of terminal acetylenes is 2. The van der Waals surface area contributed by atoms with Crippen LogP contribution < -0.4 is 0 Å². The lowest BCUT2D eigenvalue weighted by molar-refractivity contribution is 0.126. The van der Waals surface area contributed by atoms with Crippen LogP contribution in [0.3, 0.4) is 0 Å². The van der Waals surface area contributed by atoms with Gasteiger partial charge in [-0.25, -0.2) is 0 Å². The minimum Gasteiger partial charge on any atom is -0.400 e. The summed E-state index contributed by atoms with van der Waals surface area (Å²) in [4.78, 5) is 2.48. The third-order valence-corrected chi connectivity index (χ3v) is 5.06. The Morgan fingerprint density at radius 1 is 0.731 bits per heavy atom. The van der Waals surface area contributed by atoms with Gasteiger partial charge >= 0.3 is 0 Å². The Balaban J connectivity index is -0.000000135. The Hall–Kier alpha value is -0.960. The zero-order valence-corrected chi connectivity index (χ0v) is 19.2. The molecule has 2 rings (SSSR count). The summed E-state index contributed by atoms with van der Waals surface area (Å²) in [7, 11) is 3.23. The molecule has 0 aromatic heterocycles. The average molecular weight is 368 g/mol. The van der Waals surface area contributed by atoms with Crippen LogP contribution >= 0.6 is 0 Å². The van der Waals surface area contributed by atoms with Crippen LogP contribution in [0.4, 0.5) is 0 Å². The van der Waals surface area contributed by atoms with Gasteiger partial charge in [-0.3, -0.25) is 0 Å². The maximum Gasteiger partial charge on any atom is 0.0319 e. The van der Waals surface area contributed by atoms with E-state index in [1.54, 1.807) is 0 Å². The number of rotatable bonds is 3. The fourth-order valence-electron chi connectivity index (χ4n) is 3.02. The number of aliphatic hydroxyl groups excluding tert-OH is 1. The lowest BCUT2D eigenvalue weighted by Crippen LogP contribution is -2.41. The first-order valence-corrected chi connectivity index (χ1v) is 10.4. The largest absolute Gasteiger partial charge is 0.400 e. The summed E-state index contributed by atoms with van der Waals surface area (Å²) < 4.78 is 0. The van der Waals surface area contributed by atoms with E-state index < -0.39 is 0 Å². The zero-order chi connectivity index (χ0) is 21.5. The van der Waals surface area contributed by atoms with Gasteiger partial charge in [0.25, 0.3) is 0 Å². The number of aliphatic hydroxyl groups is 1. The summed E-state index contributed by atoms with van der Waals surface area (Å²) in [5.74, 6) is 1.99. The van der Waals surface area contributed by atoms with Crippen LogP contribution in [0.2, 0.25) is 0 Å². The van der Waals surface area contributed by atoms with Crippen LogP contribution in [0.15, 0.2) is 0 Å². The first-order valence-electron chi connectivity index (χ1n) is 10.4. The summed E-state index contributed by atoms with van der Waals surface area (Å²) in [6, 6.07) is 1.64. The van der Waals surface area contributed by atoms with Gasteiger partial charge in [-0.05, 0) is 45.6 Å². The molecule has 2 aliphatic rings. The molecule has 2 saturated carbocycles. The first-order chi connectivity index (χ1) is 12.5. The molecule has 0 saturated heterocycles. The molecule has 0 spiro atoms. The van der Waals surface area contributed by atoms with Crippen molar-refractivity contribution < 1.29 is 5.11 Å². The van der Waals surface area contributed by atoms with E-state index in [9.17, 15) is 0 Å². The highest BCUT2D eigenvalue weighted by Crippen LogP contribution is 2.29. The first kappa shape index (κ1) is 32.7. The van der Waals surface area contributed by atoms with Crippen LogP contribution in [0, 0.1) is 37.5 Å². The second kappa shape index (κ2) is 26.3. The van der Waals surface area contributed by atoms with Gasteiger partial charge in [-0.15, -0.1) is 25.7 Å². The van der Waals surface area contributed by atoms with Crippen molar-refractivity contribution >= 4 is 0 Å². The molecule has 2 heteroatoms. The summed E-state index contributed by atoms with van der Waals surface area (Å²) in [5.41, 5.74) is 0. The molecular formula is C24H49NO. The smallest absolute Gasteiger partial charge is 0.0319 e. The van der Waals surface area contributed by atoms with E-state index in [1.165, 1.54) is 51.4 Å². The Kier molecular flexibility index (Phi) is 33.0. The predicted molar refractivity (Wildman–Crippen MR) is 121 cm³/mol. The molecule has 0 bridgehead atoms. The molecule has 0 atom stereocenters. The lowest BCUT2D eigenvalue weighted by atomic mass is 9.82. The van der Waals surface area contributed by atoms with Crippen molar-refractivity contribution in [1.82, 2.24) is 4.90 Å². The van der Waals surface area contributed by atoms with Crippen molar-refractivity contribution in [2.75, 3.05) is 14.2 Å².